The molecule has 0 aliphatic rings. The van der Waals surface area contributed by atoms with Gasteiger partial charge in [0.2, 0.25) is 5.22 Å². The topological polar surface area (TPSA) is 60.1 Å². The lowest BCUT2D eigenvalue weighted by Gasteiger charge is -2.04. The molecule has 1 N–H and O–H groups in total. The fourth-order valence-electron chi connectivity index (χ4n) is 1.27. The first-order valence-corrected chi connectivity index (χ1v) is 5.12. The van der Waals surface area contributed by atoms with Crippen LogP contribution in [0.2, 0.25) is 5.22 Å². The van der Waals surface area contributed by atoms with Gasteiger partial charge in [-0.15, -0.1) is 0 Å². The number of furan rings is 1. The maximum absolute atomic E-state index is 11.6. The zero-order chi connectivity index (χ0) is 11.4. The van der Waals surface area contributed by atoms with Crippen molar-refractivity contribution in [2.75, 3.05) is 6.54 Å². The molecule has 84 valence electrons. The van der Waals surface area contributed by atoms with Gasteiger partial charge in [0.25, 0.3) is 5.91 Å². The van der Waals surface area contributed by atoms with Crippen molar-refractivity contribution in [3.8, 4) is 0 Å². The third-order valence-electron chi connectivity index (χ3n) is 2.08. The van der Waals surface area contributed by atoms with E-state index in [0.717, 1.165) is 0 Å². The molecule has 0 bridgehead atoms. The van der Waals surface area contributed by atoms with Crippen LogP contribution in [-0.2, 0) is 6.54 Å². The summed E-state index contributed by atoms with van der Waals surface area (Å²) in [6.45, 7) is 1.18. The van der Waals surface area contributed by atoms with Gasteiger partial charge in [-0.2, -0.15) is 0 Å². The van der Waals surface area contributed by atoms with Crippen molar-refractivity contribution in [2.45, 2.75) is 6.54 Å². The molecular formula is C10H10ClN3O2. The van der Waals surface area contributed by atoms with Crippen LogP contribution in [0.5, 0.6) is 0 Å². The number of hydrogen-bond acceptors (Lipinski definition) is 3. The van der Waals surface area contributed by atoms with E-state index in [0.29, 0.717) is 18.7 Å². The van der Waals surface area contributed by atoms with Crippen LogP contribution >= 0.6 is 11.6 Å². The molecular weight excluding hydrogens is 230 g/mol. The molecule has 2 rings (SSSR count). The monoisotopic (exact) mass is 239 g/mol. The predicted molar refractivity (Wildman–Crippen MR) is 58.3 cm³/mol. The molecule has 0 spiro atoms. The maximum atomic E-state index is 11.6. The number of imidazole rings is 1. The Hall–Kier alpha value is -1.75. The lowest BCUT2D eigenvalue weighted by atomic mass is 10.3. The van der Waals surface area contributed by atoms with Gasteiger partial charge in [0.1, 0.15) is 0 Å². The number of amides is 1. The van der Waals surface area contributed by atoms with Crippen molar-refractivity contribution in [2.24, 2.45) is 0 Å². The summed E-state index contributed by atoms with van der Waals surface area (Å²) in [5, 5.41) is 2.84. The van der Waals surface area contributed by atoms with Gasteiger partial charge in [0, 0.05) is 25.5 Å². The first-order valence-electron chi connectivity index (χ1n) is 4.74. The zero-order valence-electron chi connectivity index (χ0n) is 8.39. The van der Waals surface area contributed by atoms with Crippen molar-refractivity contribution >= 4 is 17.5 Å². The third kappa shape index (κ3) is 2.43. The van der Waals surface area contributed by atoms with Crippen molar-refractivity contribution < 1.29 is 9.21 Å². The number of rotatable bonds is 4. The molecule has 0 saturated heterocycles. The molecule has 16 heavy (non-hydrogen) atoms. The van der Waals surface area contributed by atoms with Gasteiger partial charge in [-0.05, 0) is 17.7 Å². The van der Waals surface area contributed by atoms with Gasteiger partial charge in [0.15, 0.2) is 0 Å². The van der Waals surface area contributed by atoms with Gasteiger partial charge >= 0.3 is 0 Å². The van der Waals surface area contributed by atoms with Crippen LogP contribution in [0, 0.1) is 0 Å². The highest BCUT2D eigenvalue weighted by Gasteiger charge is 2.11. The van der Waals surface area contributed by atoms with Crippen molar-refractivity contribution in [3.63, 3.8) is 0 Å². The smallest absolute Gasteiger partial charge is 0.256 e. The fraction of sp³-hybridized carbons (Fsp3) is 0.200. The quantitative estimate of drug-likeness (QED) is 0.881. The predicted octanol–water partition coefficient (Wildman–Crippen LogP) is 1.56. The summed E-state index contributed by atoms with van der Waals surface area (Å²) in [7, 11) is 0. The van der Waals surface area contributed by atoms with Crippen LogP contribution in [-0.4, -0.2) is 22.0 Å². The van der Waals surface area contributed by atoms with E-state index in [9.17, 15) is 4.79 Å². The Bertz CT molecular complexity index is 464. The summed E-state index contributed by atoms with van der Waals surface area (Å²) in [4.78, 5) is 15.5. The van der Waals surface area contributed by atoms with Gasteiger partial charge in [0.05, 0.1) is 18.2 Å². The third-order valence-corrected chi connectivity index (χ3v) is 2.37. The highest BCUT2D eigenvalue weighted by atomic mass is 35.5. The van der Waals surface area contributed by atoms with Gasteiger partial charge in [-0.3, -0.25) is 4.79 Å². The number of carbonyl (C=O) groups excluding carboxylic acids is 1. The van der Waals surface area contributed by atoms with Gasteiger partial charge < -0.3 is 14.3 Å². The summed E-state index contributed by atoms with van der Waals surface area (Å²) in [6.07, 6.45) is 6.59. The van der Waals surface area contributed by atoms with Gasteiger partial charge in [-0.1, -0.05) is 0 Å². The Morgan fingerprint density at radius 1 is 1.62 bits per heavy atom. The summed E-state index contributed by atoms with van der Waals surface area (Å²) in [5.74, 6) is -0.237. The Morgan fingerprint density at radius 2 is 2.50 bits per heavy atom. The number of hydrogen-bond donors (Lipinski definition) is 1. The SMILES string of the molecule is O=C(NCCn1ccnc1)c1ccoc1Cl. The van der Waals surface area contributed by atoms with E-state index in [1.165, 1.54) is 12.3 Å². The van der Waals surface area contributed by atoms with Crippen LogP contribution in [0.3, 0.4) is 0 Å². The lowest BCUT2D eigenvalue weighted by Crippen LogP contribution is -2.26. The summed E-state index contributed by atoms with van der Waals surface area (Å²) in [5.41, 5.74) is 0.354. The van der Waals surface area contributed by atoms with Crippen LogP contribution in [0.25, 0.3) is 0 Å². The number of halogens is 1. The highest BCUT2D eigenvalue weighted by Crippen LogP contribution is 2.15. The molecule has 2 heterocycles. The molecule has 0 aliphatic heterocycles. The number of nitrogens with zero attached hydrogens (tertiary/aromatic N) is 2. The highest BCUT2D eigenvalue weighted by molar-refractivity contribution is 6.32. The minimum Gasteiger partial charge on any atom is -0.452 e. The average Bonchev–Trinajstić information content (AvgIpc) is 2.88. The molecule has 0 aromatic carbocycles. The molecule has 0 aliphatic carbocycles. The molecule has 0 atom stereocenters. The minimum atomic E-state index is -0.237. The van der Waals surface area contributed by atoms with E-state index >= 15 is 0 Å². The molecule has 0 unspecified atom stereocenters. The van der Waals surface area contributed by atoms with Crippen molar-refractivity contribution in [1.82, 2.24) is 14.9 Å². The van der Waals surface area contributed by atoms with E-state index in [-0.39, 0.29) is 11.1 Å². The number of carbonyl (C=O) groups is 1. The molecule has 2 aromatic heterocycles. The van der Waals surface area contributed by atoms with Crippen molar-refractivity contribution in [3.05, 3.63) is 41.8 Å². The first-order chi connectivity index (χ1) is 7.77. The van der Waals surface area contributed by atoms with Crippen LogP contribution in [0.1, 0.15) is 10.4 Å². The Balaban J connectivity index is 1.83. The fourth-order valence-corrected chi connectivity index (χ4v) is 1.47. The molecule has 5 nitrogen and oxygen atoms in total. The van der Waals surface area contributed by atoms with Crippen LogP contribution in [0.15, 0.2) is 35.5 Å². The largest absolute Gasteiger partial charge is 0.452 e. The molecule has 1 amide bonds. The summed E-state index contributed by atoms with van der Waals surface area (Å²) < 4.78 is 6.70. The van der Waals surface area contributed by atoms with E-state index in [4.69, 9.17) is 16.0 Å². The molecule has 0 radical (unpaired) electrons. The van der Waals surface area contributed by atoms with Crippen molar-refractivity contribution in [1.29, 1.82) is 0 Å². The van der Waals surface area contributed by atoms with Gasteiger partial charge in [-0.25, -0.2) is 4.98 Å². The number of aromatic nitrogens is 2. The molecule has 2 aromatic rings. The average molecular weight is 240 g/mol. The summed E-state index contributed by atoms with van der Waals surface area (Å²) >= 11 is 5.67. The van der Waals surface area contributed by atoms with E-state index in [1.807, 2.05) is 10.8 Å². The lowest BCUT2D eigenvalue weighted by molar-refractivity contribution is 0.0952. The minimum absolute atomic E-state index is 0.111. The molecule has 0 fully saturated rings. The standard InChI is InChI=1S/C10H10ClN3O2/c11-9-8(1-6-16-9)10(15)13-3-5-14-4-2-12-7-14/h1-2,4,6-7H,3,5H2,(H,13,15). The zero-order valence-corrected chi connectivity index (χ0v) is 9.15. The molecule has 6 heteroatoms. The number of nitrogens with one attached hydrogen (secondary N) is 1. The van der Waals surface area contributed by atoms with E-state index < -0.39 is 0 Å². The Labute approximate surface area is 97.0 Å². The molecule has 0 saturated carbocycles. The van der Waals surface area contributed by atoms with Crippen LogP contribution in [0.4, 0.5) is 0 Å². The second-order valence-corrected chi connectivity index (χ2v) is 3.51. The van der Waals surface area contributed by atoms with Crippen LogP contribution < -0.4 is 5.32 Å². The summed E-state index contributed by atoms with van der Waals surface area (Å²) in [6, 6.07) is 1.54. The normalized spacial score (nSPS) is 10.3. The maximum Gasteiger partial charge on any atom is 0.256 e. The first kappa shape index (κ1) is 10.8. The second kappa shape index (κ2) is 4.85. The van der Waals surface area contributed by atoms with E-state index in [1.54, 1.807) is 12.5 Å². The Morgan fingerprint density at radius 3 is 3.12 bits per heavy atom. The second-order valence-electron chi connectivity index (χ2n) is 3.16. The van der Waals surface area contributed by atoms with E-state index in [2.05, 4.69) is 10.3 Å². The Kier molecular flexibility index (Phi) is 3.26.